The lowest BCUT2D eigenvalue weighted by Gasteiger charge is -2.27. The first-order valence-electron chi connectivity index (χ1n) is 7.54. The Morgan fingerprint density at radius 1 is 1.14 bits per heavy atom. The Bertz CT molecular complexity index is 507. The topological polar surface area (TPSA) is 59.1 Å². The molecule has 0 bridgehead atoms. The van der Waals surface area contributed by atoms with Crippen molar-refractivity contribution in [1.82, 2.24) is 0 Å². The molecule has 0 aliphatic carbocycles. The highest BCUT2D eigenvalue weighted by Crippen LogP contribution is 2.35. The van der Waals surface area contributed by atoms with Crippen LogP contribution in [0.2, 0.25) is 0 Å². The molecular formula is C18H30N2O. The van der Waals surface area contributed by atoms with Crippen LogP contribution in [0.15, 0.2) is 18.2 Å². The van der Waals surface area contributed by atoms with E-state index in [1.807, 2.05) is 13.0 Å². The molecule has 0 heterocycles. The van der Waals surface area contributed by atoms with E-state index < -0.39 is 0 Å². The van der Waals surface area contributed by atoms with Crippen LogP contribution in [0.4, 0.5) is 0 Å². The molecule has 3 heteroatoms. The average molecular weight is 290 g/mol. The second kappa shape index (κ2) is 6.08. The maximum atomic E-state index is 7.46. The first-order valence-corrected chi connectivity index (χ1v) is 7.54. The van der Waals surface area contributed by atoms with Crippen LogP contribution in [0.1, 0.15) is 59.6 Å². The van der Waals surface area contributed by atoms with Crippen molar-refractivity contribution in [2.24, 2.45) is 11.7 Å². The predicted molar refractivity (Wildman–Crippen MR) is 90.4 cm³/mol. The zero-order valence-corrected chi connectivity index (χ0v) is 14.5. The van der Waals surface area contributed by atoms with Crippen molar-refractivity contribution < 1.29 is 4.74 Å². The smallest absolute Gasteiger partial charge is 0.123 e. The molecule has 0 aromatic heterocycles. The van der Waals surface area contributed by atoms with Crippen LogP contribution >= 0.6 is 0 Å². The van der Waals surface area contributed by atoms with Gasteiger partial charge in [-0.05, 0) is 28.0 Å². The summed E-state index contributed by atoms with van der Waals surface area (Å²) in [5.74, 6) is 0.988. The third-order valence-electron chi connectivity index (χ3n) is 3.67. The summed E-state index contributed by atoms with van der Waals surface area (Å²) in [6, 6.07) is 6.42. The first-order chi connectivity index (χ1) is 9.43. The SMILES string of the molecule is CC(COc1ccc(C(C)(C)C)cc1C(C)(C)C)C(=N)N. The third kappa shape index (κ3) is 4.76. The fourth-order valence-electron chi connectivity index (χ4n) is 2.01. The lowest BCUT2D eigenvalue weighted by Crippen LogP contribution is -2.26. The van der Waals surface area contributed by atoms with Gasteiger partial charge in [0.15, 0.2) is 0 Å². The molecule has 0 radical (unpaired) electrons. The quantitative estimate of drug-likeness (QED) is 0.644. The highest BCUT2D eigenvalue weighted by atomic mass is 16.5. The summed E-state index contributed by atoms with van der Waals surface area (Å²) in [5.41, 5.74) is 8.14. The minimum Gasteiger partial charge on any atom is -0.493 e. The fraction of sp³-hybridized carbons (Fsp3) is 0.611. The van der Waals surface area contributed by atoms with E-state index in [1.165, 1.54) is 11.1 Å². The maximum Gasteiger partial charge on any atom is 0.123 e. The molecule has 1 unspecified atom stereocenters. The number of rotatable bonds is 4. The van der Waals surface area contributed by atoms with E-state index >= 15 is 0 Å². The summed E-state index contributed by atoms with van der Waals surface area (Å²) in [5, 5.41) is 7.46. The van der Waals surface area contributed by atoms with Gasteiger partial charge in [0.25, 0.3) is 0 Å². The number of nitrogens with one attached hydrogen (secondary N) is 1. The number of hydrogen-bond donors (Lipinski definition) is 2. The van der Waals surface area contributed by atoms with Gasteiger partial charge in [0, 0.05) is 5.92 Å². The Kier molecular flexibility index (Phi) is 5.08. The molecule has 1 atom stereocenters. The van der Waals surface area contributed by atoms with Gasteiger partial charge in [-0.2, -0.15) is 0 Å². The van der Waals surface area contributed by atoms with Crippen molar-refractivity contribution in [2.75, 3.05) is 6.61 Å². The molecular weight excluding hydrogens is 260 g/mol. The van der Waals surface area contributed by atoms with E-state index in [-0.39, 0.29) is 22.6 Å². The van der Waals surface area contributed by atoms with Crippen molar-refractivity contribution in [3.8, 4) is 5.75 Å². The van der Waals surface area contributed by atoms with E-state index in [0.29, 0.717) is 6.61 Å². The number of hydrogen-bond acceptors (Lipinski definition) is 2. The summed E-state index contributed by atoms with van der Waals surface area (Å²) < 4.78 is 5.93. The molecule has 1 aromatic carbocycles. The van der Waals surface area contributed by atoms with Gasteiger partial charge in [-0.15, -0.1) is 0 Å². The molecule has 1 rings (SSSR count). The average Bonchev–Trinajstić information content (AvgIpc) is 2.33. The number of benzene rings is 1. The summed E-state index contributed by atoms with van der Waals surface area (Å²) in [6.45, 7) is 15.6. The maximum absolute atomic E-state index is 7.46. The van der Waals surface area contributed by atoms with Gasteiger partial charge >= 0.3 is 0 Å². The van der Waals surface area contributed by atoms with E-state index in [4.69, 9.17) is 15.9 Å². The van der Waals surface area contributed by atoms with E-state index in [1.54, 1.807) is 0 Å². The number of ether oxygens (including phenoxy) is 1. The monoisotopic (exact) mass is 290 g/mol. The largest absolute Gasteiger partial charge is 0.493 e. The Morgan fingerprint density at radius 3 is 2.14 bits per heavy atom. The van der Waals surface area contributed by atoms with Crippen molar-refractivity contribution in [3.05, 3.63) is 29.3 Å². The second-order valence-electron chi connectivity index (χ2n) is 7.88. The predicted octanol–water partition coefficient (Wildman–Crippen LogP) is 4.23. The van der Waals surface area contributed by atoms with E-state index in [9.17, 15) is 0 Å². The normalized spacial score (nSPS) is 13.9. The Labute approximate surface area is 129 Å². The molecule has 0 saturated carbocycles. The Hall–Kier alpha value is -1.51. The van der Waals surface area contributed by atoms with Crippen LogP contribution in [-0.2, 0) is 10.8 Å². The van der Waals surface area contributed by atoms with Gasteiger partial charge in [0.2, 0.25) is 0 Å². The molecule has 21 heavy (non-hydrogen) atoms. The van der Waals surface area contributed by atoms with Crippen molar-refractivity contribution in [1.29, 1.82) is 5.41 Å². The first kappa shape index (κ1) is 17.5. The highest BCUT2D eigenvalue weighted by molar-refractivity contribution is 5.79. The molecule has 1 aromatic rings. The van der Waals surface area contributed by atoms with Gasteiger partial charge in [-0.25, -0.2) is 0 Å². The van der Waals surface area contributed by atoms with Crippen molar-refractivity contribution in [2.45, 2.75) is 59.3 Å². The molecule has 0 saturated heterocycles. The molecule has 0 amide bonds. The summed E-state index contributed by atoms with van der Waals surface area (Å²) in [6.07, 6.45) is 0. The van der Waals surface area contributed by atoms with E-state index in [2.05, 4.69) is 53.7 Å². The summed E-state index contributed by atoms with van der Waals surface area (Å²) >= 11 is 0. The Balaban J connectivity index is 3.12. The zero-order chi connectivity index (χ0) is 16.4. The van der Waals surface area contributed by atoms with Gasteiger partial charge in [-0.3, -0.25) is 5.41 Å². The standard InChI is InChI=1S/C18H30N2O/c1-12(16(19)20)11-21-15-9-8-13(17(2,3)4)10-14(15)18(5,6)7/h8-10,12H,11H2,1-7H3,(H3,19,20). The van der Waals surface area contributed by atoms with Gasteiger partial charge in [0.1, 0.15) is 5.75 Å². The van der Waals surface area contributed by atoms with Crippen LogP contribution in [0.5, 0.6) is 5.75 Å². The molecule has 0 aliphatic heterocycles. The molecule has 3 N–H and O–H groups in total. The van der Waals surface area contributed by atoms with Gasteiger partial charge in [0.05, 0.1) is 12.4 Å². The second-order valence-corrected chi connectivity index (χ2v) is 7.88. The summed E-state index contributed by atoms with van der Waals surface area (Å²) in [4.78, 5) is 0. The molecule has 0 fully saturated rings. The van der Waals surface area contributed by atoms with E-state index in [0.717, 1.165) is 5.75 Å². The van der Waals surface area contributed by atoms with Crippen LogP contribution in [0.3, 0.4) is 0 Å². The lowest BCUT2D eigenvalue weighted by molar-refractivity contribution is 0.284. The number of nitrogens with two attached hydrogens (primary N) is 1. The number of amidine groups is 1. The van der Waals surface area contributed by atoms with Gasteiger partial charge in [-0.1, -0.05) is 60.6 Å². The zero-order valence-electron chi connectivity index (χ0n) is 14.5. The molecule has 0 spiro atoms. The highest BCUT2D eigenvalue weighted by Gasteiger charge is 2.23. The van der Waals surface area contributed by atoms with Crippen molar-refractivity contribution >= 4 is 5.84 Å². The fourth-order valence-corrected chi connectivity index (χ4v) is 2.01. The Morgan fingerprint density at radius 2 is 1.71 bits per heavy atom. The van der Waals surface area contributed by atoms with Crippen LogP contribution in [-0.4, -0.2) is 12.4 Å². The minimum absolute atomic E-state index is 0.00998. The molecule has 118 valence electrons. The van der Waals surface area contributed by atoms with Gasteiger partial charge < -0.3 is 10.5 Å². The van der Waals surface area contributed by atoms with Crippen LogP contribution in [0.25, 0.3) is 0 Å². The third-order valence-corrected chi connectivity index (χ3v) is 3.67. The molecule has 0 aliphatic rings. The lowest BCUT2D eigenvalue weighted by atomic mass is 9.80. The summed E-state index contributed by atoms with van der Waals surface area (Å²) in [7, 11) is 0. The van der Waals surface area contributed by atoms with Crippen molar-refractivity contribution in [3.63, 3.8) is 0 Å². The minimum atomic E-state index is -0.0693. The van der Waals surface area contributed by atoms with Crippen LogP contribution in [0, 0.1) is 11.3 Å². The molecule has 3 nitrogen and oxygen atoms in total. The van der Waals surface area contributed by atoms with Crippen LogP contribution < -0.4 is 10.5 Å².